The number of carbonyl (C=O) groups is 3. The van der Waals surface area contributed by atoms with Gasteiger partial charge in [0, 0.05) is 62.2 Å². The van der Waals surface area contributed by atoms with Gasteiger partial charge in [0.25, 0.3) is 0 Å². The van der Waals surface area contributed by atoms with Gasteiger partial charge in [0.2, 0.25) is 11.8 Å². The molecule has 238 valence electrons. The predicted octanol–water partition coefficient (Wildman–Crippen LogP) is 4.70. The van der Waals surface area contributed by atoms with Gasteiger partial charge in [-0.2, -0.15) is 0 Å². The lowest BCUT2D eigenvalue weighted by molar-refractivity contribution is -0.140. The number of nitrogens with one attached hydrogen (secondary N) is 2. The quantitative estimate of drug-likeness (QED) is 0.292. The lowest BCUT2D eigenvalue weighted by Gasteiger charge is -2.33. The van der Waals surface area contributed by atoms with Crippen molar-refractivity contribution in [2.75, 3.05) is 45.8 Å². The predicted molar refractivity (Wildman–Crippen MR) is 173 cm³/mol. The summed E-state index contributed by atoms with van der Waals surface area (Å²) >= 11 is 7.07. The molecule has 0 spiro atoms. The van der Waals surface area contributed by atoms with Crippen molar-refractivity contribution in [2.45, 2.75) is 39.0 Å². The fourth-order valence-corrected chi connectivity index (χ4v) is 6.15. The average molecular weight is 635 g/mol. The summed E-state index contributed by atoms with van der Waals surface area (Å²) in [6, 6.07) is 16.9. The third kappa shape index (κ3) is 6.84. The molecule has 0 bridgehead atoms. The minimum absolute atomic E-state index is 0.0104. The third-order valence-corrected chi connectivity index (χ3v) is 8.86. The number of imide groups is 1. The number of benzene rings is 3. The van der Waals surface area contributed by atoms with E-state index in [1.807, 2.05) is 62.4 Å². The van der Waals surface area contributed by atoms with E-state index in [0.717, 1.165) is 50.5 Å². The number of rotatable bonds is 9. The molecule has 2 aliphatic heterocycles. The smallest absolute Gasteiger partial charge is 0.326 e. The van der Waals surface area contributed by atoms with Gasteiger partial charge in [0.1, 0.15) is 11.7 Å². The number of aliphatic hydroxyl groups is 1. The summed E-state index contributed by atoms with van der Waals surface area (Å²) in [5.41, 5.74) is 5.66. The van der Waals surface area contributed by atoms with Gasteiger partial charge >= 0.3 is 6.03 Å². The van der Waals surface area contributed by atoms with Crippen LogP contribution in [0, 0.1) is 12.8 Å². The van der Waals surface area contributed by atoms with Gasteiger partial charge in [-0.3, -0.25) is 14.5 Å². The van der Waals surface area contributed by atoms with Crippen LogP contribution in [0.2, 0.25) is 5.02 Å². The van der Waals surface area contributed by atoms with Crippen LogP contribution in [0.25, 0.3) is 22.3 Å². The van der Waals surface area contributed by atoms with Crippen LogP contribution in [-0.2, 0) is 20.9 Å². The van der Waals surface area contributed by atoms with Crippen LogP contribution in [0.5, 0.6) is 5.75 Å². The number of amides is 4. The molecule has 5 rings (SSSR count). The van der Waals surface area contributed by atoms with Crippen LogP contribution >= 0.6 is 11.6 Å². The van der Waals surface area contributed by atoms with Gasteiger partial charge in [-0.1, -0.05) is 54.1 Å². The molecule has 10 nitrogen and oxygen atoms in total. The summed E-state index contributed by atoms with van der Waals surface area (Å²) < 4.78 is 11.4. The van der Waals surface area contributed by atoms with Gasteiger partial charge in [-0.15, -0.1) is 0 Å². The molecular formula is C34H39ClN4O6. The monoisotopic (exact) mass is 634 g/mol. The maximum absolute atomic E-state index is 13.2. The maximum Gasteiger partial charge on any atom is 0.326 e. The van der Waals surface area contributed by atoms with Crippen LogP contribution in [0.1, 0.15) is 24.5 Å². The molecule has 11 heteroatoms. The minimum Gasteiger partial charge on any atom is -0.494 e. The molecule has 3 aromatic carbocycles. The van der Waals surface area contributed by atoms with Gasteiger partial charge in [0.05, 0.1) is 24.3 Å². The van der Waals surface area contributed by atoms with Crippen LogP contribution < -0.4 is 15.4 Å². The van der Waals surface area contributed by atoms with Crippen molar-refractivity contribution in [3.05, 3.63) is 70.7 Å². The zero-order valence-electron chi connectivity index (χ0n) is 25.9. The van der Waals surface area contributed by atoms with Crippen molar-refractivity contribution in [3.63, 3.8) is 0 Å². The minimum atomic E-state index is -1.01. The number of halogens is 1. The highest BCUT2D eigenvalue weighted by atomic mass is 35.5. The van der Waals surface area contributed by atoms with Crippen molar-refractivity contribution in [1.82, 2.24) is 15.1 Å². The molecule has 0 saturated carbocycles. The van der Waals surface area contributed by atoms with Crippen molar-refractivity contribution >= 4 is 35.1 Å². The largest absolute Gasteiger partial charge is 0.494 e. The summed E-state index contributed by atoms with van der Waals surface area (Å²) in [7, 11) is 2.94. The Hall–Kier alpha value is -3.96. The first-order chi connectivity index (χ1) is 21.6. The molecule has 3 aromatic rings. The van der Waals surface area contributed by atoms with Gasteiger partial charge in [-0.05, 0) is 49.1 Å². The summed E-state index contributed by atoms with van der Waals surface area (Å²) in [6.07, 6.45) is 0.193. The lowest BCUT2D eigenvalue weighted by Crippen LogP contribution is -2.56. The second-order valence-electron chi connectivity index (χ2n) is 11.4. The molecule has 4 amide bonds. The Morgan fingerprint density at radius 3 is 2.58 bits per heavy atom. The van der Waals surface area contributed by atoms with E-state index in [2.05, 4.69) is 10.6 Å². The normalized spacial score (nSPS) is 20.4. The number of ether oxygens (including phenoxy) is 2. The molecule has 2 heterocycles. The summed E-state index contributed by atoms with van der Waals surface area (Å²) in [5.74, 6) is -1.28. The Morgan fingerprint density at radius 1 is 1.09 bits per heavy atom. The number of aliphatic hydroxyl groups excluding tert-OH is 1. The van der Waals surface area contributed by atoms with E-state index in [1.54, 1.807) is 13.1 Å². The molecule has 0 aromatic heterocycles. The van der Waals surface area contributed by atoms with E-state index in [9.17, 15) is 19.5 Å². The van der Waals surface area contributed by atoms with Crippen LogP contribution in [0.4, 0.5) is 10.5 Å². The number of carbonyl (C=O) groups excluding carboxylic acids is 3. The third-order valence-electron chi connectivity index (χ3n) is 8.45. The van der Waals surface area contributed by atoms with Crippen molar-refractivity contribution in [3.8, 4) is 28.0 Å². The second-order valence-corrected chi connectivity index (χ2v) is 11.8. The molecule has 2 aliphatic rings. The topological polar surface area (TPSA) is 120 Å². The molecule has 2 fully saturated rings. The van der Waals surface area contributed by atoms with Crippen molar-refractivity contribution in [2.24, 2.45) is 5.92 Å². The molecule has 3 atom stereocenters. The Bertz CT molecular complexity index is 1600. The Kier molecular flexibility index (Phi) is 10.1. The summed E-state index contributed by atoms with van der Waals surface area (Å²) in [4.78, 5) is 40.3. The molecule has 0 aliphatic carbocycles. The number of hydrogen-bond acceptors (Lipinski definition) is 7. The molecule has 1 unspecified atom stereocenters. The van der Waals surface area contributed by atoms with Crippen LogP contribution in [-0.4, -0.2) is 85.4 Å². The van der Waals surface area contributed by atoms with E-state index in [1.165, 1.54) is 11.9 Å². The van der Waals surface area contributed by atoms with E-state index in [4.69, 9.17) is 21.1 Å². The van der Waals surface area contributed by atoms with Crippen molar-refractivity contribution in [1.29, 1.82) is 0 Å². The zero-order valence-corrected chi connectivity index (χ0v) is 26.7. The molecule has 0 radical (unpaired) electrons. The maximum atomic E-state index is 13.2. The summed E-state index contributed by atoms with van der Waals surface area (Å²) in [5, 5.41) is 17.1. The number of urea groups is 1. The fourth-order valence-electron chi connectivity index (χ4n) is 5.81. The van der Waals surface area contributed by atoms with Gasteiger partial charge in [0.15, 0.2) is 0 Å². The van der Waals surface area contributed by atoms with E-state index in [0.29, 0.717) is 37.1 Å². The highest BCUT2D eigenvalue weighted by Gasteiger charge is 2.39. The average Bonchev–Trinajstić information content (AvgIpc) is 3.03. The lowest BCUT2D eigenvalue weighted by atomic mass is 9.94. The molecular weight excluding hydrogens is 596 g/mol. The highest BCUT2D eigenvalue weighted by Crippen LogP contribution is 2.40. The summed E-state index contributed by atoms with van der Waals surface area (Å²) in [6.45, 7) is 5.83. The molecule has 3 N–H and O–H groups in total. The zero-order chi connectivity index (χ0) is 32.2. The van der Waals surface area contributed by atoms with E-state index >= 15 is 0 Å². The fraction of sp³-hybridized carbons (Fsp3) is 0.382. The first kappa shape index (κ1) is 32.4. The number of hydrogen-bond donors (Lipinski definition) is 3. The second kappa shape index (κ2) is 14.0. The van der Waals surface area contributed by atoms with Gasteiger partial charge in [-0.25, -0.2) is 4.79 Å². The number of nitrogens with zero attached hydrogens (tertiary/aromatic N) is 2. The van der Waals surface area contributed by atoms with E-state index in [-0.39, 0.29) is 12.6 Å². The van der Waals surface area contributed by atoms with Crippen molar-refractivity contribution < 1.29 is 29.0 Å². The first-order valence-corrected chi connectivity index (χ1v) is 15.5. The molecule has 45 heavy (non-hydrogen) atoms. The van der Waals surface area contributed by atoms with Crippen LogP contribution in [0.3, 0.4) is 0 Å². The number of anilines is 1. The van der Waals surface area contributed by atoms with Crippen LogP contribution in [0.15, 0.2) is 54.6 Å². The standard InChI is InChI=1S/C34H39ClN4O6/c1-5-45-30-16-21(12-13-22(30)17-36-28-14-15-44-19-29(28)40)24-9-6-10-25(31(24)35)23-8-7-11-27(20(23)2)37-32(41)26-18-38(3)34(43)39(4)33(26)42/h6-13,16,26,28-29,36,40H,5,14-15,17-19H2,1-4H3,(H,37,41)/t26?,28-,29+/m1/s1. The SMILES string of the molecule is CCOc1cc(-c2cccc(-c3cccc(NC(=O)C4CN(C)C(=O)N(C)C4=O)c3C)c2Cl)ccc1CN[C@@H]1CCOC[C@@H]1O. The molecule has 2 saturated heterocycles. The highest BCUT2D eigenvalue weighted by molar-refractivity contribution is 6.36. The van der Waals surface area contributed by atoms with Gasteiger partial charge < -0.3 is 30.1 Å². The van der Waals surface area contributed by atoms with E-state index < -0.39 is 29.9 Å². The first-order valence-electron chi connectivity index (χ1n) is 15.1. The Balaban J connectivity index is 1.39. The Morgan fingerprint density at radius 2 is 1.82 bits per heavy atom. The Labute approximate surface area is 268 Å².